The Hall–Kier alpha value is -1.71. The van der Waals surface area contributed by atoms with Crippen molar-refractivity contribution in [3.05, 3.63) is 23.8 Å². The smallest absolute Gasteiger partial charge is 0.226 e. The summed E-state index contributed by atoms with van der Waals surface area (Å²) in [5.74, 6) is 0.615. The molecule has 0 aromatic heterocycles. The van der Waals surface area contributed by atoms with Crippen LogP contribution in [0.5, 0.6) is 11.5 Å². The number of rotatable bonds is 4. The van der Waals surface area contributed by atoms with E-state index in [1.807, 2.05) is 7.05 Å². The Morgan fingerprint density at radius 1 is 1.53 bits per heavy atom. The number of aromatic hydroxyl groups is 1. The predicted molar refractivity (Wildman–Crippen MR) is 64.2 cm³/mol. The van der Waals surface area contributed by atoms with Crippen LogP contribution >= 0.6 is 0 Å². The maximum Gasteiger partial charge on any atom is 0.226 e. The third-order valence-electron chi connectivity index (χ3n) is 3.09. The summed E-state index contributed by atoms with van der Waals surface area (Å²) in [5, 5.41) is 9.46. The molecular formula is C13H17NO3. The minimum atomic E-state index is 0.0965. The number of benzene rings is 1. The van der Waals surface area contributed by atoms with Crippen LogP contribution in [0.25, 0.3) is 0 Å². The first-order valence-electron chi connectivity index (χ1n) is 5.73. The lowest BCUT2D eigenvalue weighted by molar-refractivity contribution is -0.129. The molecule has 2 rings (SSSR count). The molecule has 1 aromatic rings. The first kappa shape index (κ1) is 11.8. The molecule has 4 heteroatoms. The van der Waals surface area contributed by atoms with Gasteiger partial charge in [0.1, 0.15) is 0 Å². The van der Waals surface area contributed by atoms with Crippen molar-refractivity contribution >= 4 is 5.91 Å². The lowest BCUT2D eigenvalue weighted by atomic mass is 10.1. The highest BCUT2D eigenvalue weighted by Crippen LogP contribution is 2.28. The molecule has 0 saturated heterocycles. The van der Waals surface area contributed by atoms with E-state index >= 15 is 0 Å². The standard InChI is InChI=1S/C13H17NO3/c1-14(10-4-5-10)13(16)8-9-3-6-11(15)12(7-9)17-2/h3,6-7,10,15H,4-5,8H2,1-2H3. The molecule has 0 aliphatic heterocycles. The second kappa shape index (κ2) is 4.65. The number of amides is 1. The monoisotopic (exact) mass is 235 g/mol. The third-order valence-corrected chi connectivity index (χ3v) is 3.09. The maximum atomic E-state index is 11.9. The highest BCUT2D eigenvalue weighted by Gasteiger charge is 2.29. The lowest BCUT2D eigenvalue weighted by Crippen LogP contribution is -2.30. The van der Waals surface area contributed by atoms with Gasteiger partial charge in [0.2, 0.25) is 5.91 Å². The molecule has 0 heterocycles. The second-order valence-electron chi connectivity index (χ2n) is 4.42. The number of methoxy groups -OCH3 is 1. The van der Waals surface area contributed by atoms with Gasteiger partial charge in [-0.2, -0.15) is 0 Å². The number of phenolic OH excluding ortho intramolecular Hbond substituents is 1. The molecule has 4 nitrogen and oxygen atoms in total. The van der Waals surface area contributed by atoms with Crippen LogP contribution in [-0.4, -0.2) is 36.1 Å². The third kappa shape index (κ3) is 2.70. The summed E-state index contributed by atoms with van der Waals surface area (Å²) in [6.45, 7) is 0. The molecule has 1 aliphatic carbocycles. The molecule has 0 unspecified atom stereocenters. The number of carbonyl (C=O) groups is 1. The molecule has 1 saturated carbocycles. The zero-order valence-electron chi connectivity index (χ0n) is 10.1. The molecule has 0 radical (unpaired) electrons. The van der Waals surface area contributed by atoms with Gasteiger partial charge in [-0.05, 0) is 30.5 Å². The molecule has 1 aliphatic rings. The molecule has 0 spiro atoms. The van der Waals surface area contributed by atoms with E-state index < -0.39 is 0 Å². The van der Waals surface area contributed by atoms with Gasteiger partial charge in [0, 0.05) is 13.1 Å². The highest BCUT2D eigenvalue weighted by molar-refractivity contribution is 5.79. The fourth-order valence-corrected chi connectivity index (χ4v) is 1.80. The largest absolute Gasteiger partial charge is 0.504 e. The van der Waals surface area contributed by atoms with Crippen LogP contribution in [0.15, 0.2) is 18.2 Å². The normalized spacial score (nSPS) is 14.5. The molecule has 0 bridgehead atoms. The van der Waals surface area contributed by atoms with E-state index in [1.54, 1.807) is 23.1 Å². The summed E-state index contributed by atoms with van der Waals surface area (Å²) in [6, 6.07) is 5.43. The maximum absolute atomic E-state index is 11.9. The van der Waals surface area contributed by atoms with Crippen molar-refractivity contribution in [2.75, 3.05) is 14.2 Å². The fraction of sp³-hybridized carbons (Fsp3) is 0.462. The zero-order chi connectivity index (χ0) is 12.4. The van der Waals surface area contributed by atoms with Gasteiger partial charge in [0.05, 0.1) is 13.5 Å². The molecule has 17 heavy (non-hydrogen) atoms. The van der Waals surface area contributed by atoms with Crippen LogP contribution in [0.2, 0.25) is 0 Å². The summed E-state index contributed by atoms with van der Waals surface area (Å²) >= 11 is 0. The first-order chi connectivity index (χ1) is 8.11. The van der Waals surface area contributed by atoms with Crippen molar-refractivity contribution in [3.63, 3.8) is 0 Å². The number of carbonyl (C=O) groups excluding carboxylic acids is 1. The topological polar surface area (TPSA) is 49.8 Å². The fourth-order valence-electron chi connectivity index (χ4n) is 1.80. The van der Waals surface area contributed by atoms with Crippen LogP contribution in [0.1, 0.15) is 18.4 Å². The Labute approximate surface area is 101 Å². The Bertz CT molecular complexity index is 427. The van der Waals surface area contributed by atoms with Gasteiger partial charge in [-0.15, -0.1) is 0 Å². The van der Waals surface area contributed by atoms with Crippen LogP contribution in [0.3, 0.4) is 0 Å². The number of likely N-dealkylation sites (N-methyl/N-ethyl adjacent to an activating group) is 1. The van der Waals surface area contributed by atoms with Crippen molar-refractivity contribution in [2.24, 2.45) is 0 Å². The number of hydrogen-bond donors (Lipinski definition) is 1. The van der Waals surface area contributed by atoms with E-state index in [4.69, 9.17) is 4.74 Å². The Morgan fingerprint density at radius 3 is 2.82 bits per heavy atom. The quantitative estimate of drug-likeness (QED) is 0.861. The predicted octanol–water partition coefficient (Wildman–Crippen LogP) is 1.56. The van der Waals surface area contributed by atoms with Crippen LogP contribution < -0.4 is 4.74 Å². The Balaban J connectivity index is 2.04. The van der Waals surface area contributed by atoms with Crippen LogP contribution in [-0.2, 0) is 11.2 Å². The highest BCUT2D eigenvalue weighted by atomic mass is 16.5. The molecule has 1 aromatic carbocycles. The van der Waals surface area contributed by atoms with E-state index in [-0.39, 0.29) is 11.7 Å². The Kier molecular flexibility index (Phi) is 3.22. The molecule has 92 valence electrons. The van der Waals surface area contributed by atoms with Gasteiger partial charge < -0.3 is 14.7 Å². The van der Waals surface area contributed by atoms with Crippen molar-refractivity contribution in [3.8, 4) is 11.5 Å². The minimum Gasteiger partial charge on any atom is -0.504 e. The number of phenols is 1. The number of hydrogen-bond acceptors (Lipinski definition) is 3. The molecule has 1 amide bonds. The van der Waals surface area contributed by atoms with Gasteiger partial charge in [0.15, 0.2) is 11.5 Å². The van der Waals surface area contributed by atoms with Crippen molar-refractivity contribution in [1.82, 2.24) is 4.90 Å². The van der Waals surface area contributed by atoms with Crippen LogP contribution in [0.4, 0.5) is 0 Å². The van der Waals surface area contributed by atoms with E-state index in [0.717, 1.165) is 18.4 Å². The molecular weight excluding hydrogens is 218 g/mol. The summed E-state index contributed by atoms with van der Waals surface area (Å²) in [4.78, 5) is 13.7. The Morgan fingerprint density at radius 2 is 2.24 bits per heavy atom. The van der Waals surface area contributed by atoms with Crippen molar-refractivity contribution < 1.29 is 14.6 Å². The zero-order valence-corrected chi connectivity index (χ0v) is 10.1. The van der Waals surface area contributed by atoms with Gasteiger partial charge in [-0.25, -0.2) is 0 Å². The van der Waals surface area contributed by atoms with E-state index in [0.29, 0.717) is 18.2 Å². The first-order valence-corrected chi connectivity index (χ1v) is 5.73. The summed E-state index contributed by atoms with van der Waals surface area (Å²) in [6.07, 6.45) is 2.58. The summed E-state index contributed by atoms with van der Waals surface area (Å²) < 4.78 is 5.01. The van der Waals surface area contributed by atoms with Gasteiger partial charge in [0.25, 0.3) is 0 Å². The van der Waals surface area contributed by atoms with Gasteiger partial charge in [-0.1, -0.05) is 6.07 Å². The number of nitrogens with zero attached hydrogens (tertiary/aromatic N) is 1. The van der Waals surface area contributed by atoms with E-state index in [2.05, 4.69) is 0 Å². The summed E-state index contributed by atoms with van der Waals surface area (Å²) in [7, 11) is 3.34. The average Bonchev–Trinajstić information content (AvgIpc) is 3.14. The molecule has 1 N–H and O–H groups in total. The van der Waals surface area contributed by atoms with Crippen LogP contribution in [0, 0.1) is 0 Å². The van der Waals surface area contributed by atoms with Gasteiger partial charge >= 0.3 is 0 Å². The van der Waals surface area contributed by atoms with E-state index in [9.17, 15) is 9.90 Å². The van der Waals surface area contributed by atoms with Crippen molar-refractivity contribution in [1.29, 1.82) is 0 Å². The SMILES string of the molecule is COc1cc(CC(=O)N(C)C2CC2)ccc1O. The van der Waals surface area contributed by atoms with E-state index in [1.165, 1.54) is 7.11 Å². The average molecular weight is 235 g/mol. The number of ether oxygens (including phenoxy) is 1. The molecule has 0 atom stereocenters. The second-order valence-corrected chi connectivity index (χ2v) is 4.42. The van der Waals surface area contributed by atoms with Crippen molar-refractivity contribution in [2.45, 2.75) is 25.3 Å². The van der Waals surface area contributed by atoms with Gasteiger partial charge in [-0.3, -0.25) is 4.79 Å². The summed E-state index contributed by atoms with van der Waals surface area (Å²) in [5.41, 5.74) is 0.858. The lowest BCUT2D eigenvalue weighted by Gasteiger charge is -2.16. The minimum absolute atomic E-state index is 0.0965. The molecule has 1 fully saturated rings.